The van der Waals surface area contributed by atoms with Gasteiger partial charge in [0.1, 0.15) is 0 Å². The number of unbranched alkanes of at least 4 members (excludes halogenated alkanes) is 1. The van der Waals surface area contributed by atoms with Gasteiger partial charge in [0, 0.05) is 13.0 Å². The quantitative estimate of drug-likeness (QED) is 0.462. The first-order valence-electron chi connectivity index (χ1n) is 5.97. The van der Waals surface area contributed by atoms with Crippen LogP contribution in [0.2, 0.25) is 0 Å². The minimum atomic E-state index is -0.435. The van der Waals surface area contributed by atoms with Crippen molar-refractivity contribution >= 4 is 17.4 Å². The van der Waals surface area contributed by atoms with Crippen molar-refractivity contribution in [1.29, 1.82) is 0 Å². The summed E-state index contributed by atoms with van der Waals surface area (Å²) < 4.78 is 0. The number of terminal acetylenes is 1. The second-order valence-electron chi connectivity index (χ2n) is 4.57. The maximum atomic E-state index is 11.9. The van der Waals surface area contributed by atoms with E-state index in [4.69, 9.17) is 6.42 Å². The van der Waals surface area contributed by atoms with Crippen LogP contribution >= 0.6 is 0 Å². The molecule has 3 nitrogen and oxygen atoms in total. The summed E-state index contributed by atoms with van der Waals surface area (Å²) in [6.45, 7) is 4.33. The van der Waals surface area contributed by atoms with E-state index < -0.39 is 11.7 Å². The smallest absolute Gasteiger partial charge is 0.299 e. The van der Waals surface area contributed by atoms with Crippen LogP contribution in [0.5, 0.6) is 0 Å². The Morgan fingerprint density at radius 1 is 1.28 bits per heavy atom. The normalized spacial score (nSPS) is 13.7. The topological polar surface area (TPSA) is 37.4 Å². The number of fused-ring (bicyclic) bond motifs is 1. The molecule has 92 valence electrons. The van der Waals surface area contributed by atoms with Crippen LogP contribution in [0.3, 0.4) is 0 Å². The molecule has 0 unspecified atom stereocenters. The summed E-state index contributed by atoms with van der Waals surface area (Å²) in [5, 5.41) is 0. The van der Waals surface area contributed by atoms with Crippen LogP contribution in [0.1, 0.15) is 34.3 Å². The number of nitrogens with zero attached hydrogens (tertiary/aromatic N) is 1. The van der Waals surface area contributed by atoms with E-state index in [1.165, 1.54) is 0 Å². The van der Waals surface area contributed by atoms with E-state index in [-0.39, 0.29) is 0 Å². The molecule has 0 bridgehead atoms. The van der Waals surface area contributed by atoms with Gasteiger partial charge in [0.05, 0.1) is 11.3 Å². The van der Waals surface area contributed by atoms with Gasteiger partial charge in [-0.05, 0) is 37.5 Å². The molecule has 1 aromatic rings. The molecule has 18 heavy (non-hydrogen) atoms. The van der Waals surface area contributed by atoms with Crippen LogP contribution in [-0.2, 0) is 4.79 Å². The van der Waals surface area contributed by atoms with E-state index in [2.05, 4.69) is 5.92 Å². The molecule has 0 N–H and O–H groups in total. The number of Topliss-reactive ketones (excluding diaryl/α,β-unsaturated/α-hetero) is 1. The summed E-state index contributed by atoms with van der Waals surface area (Å²) in [5.74, 6) is 1.71. The van der Waals surface area contributed by atoms with Crippen LogP contribution < -0.4 is 4.90 Å². The molecule has 0 aromatic heterocycles. The second kappa shape index (κ2) is 4.66. The fourth-order valence-electron chi connectivity index (χ4n) is 2.35. The zero-order chi connectivity index (χ0) is 13.3. The third kappa shape index (κ3) is 1.91. The average molecular weight is 241 g/mol. The van der Waals surface area contributed by atoms with Crippen molar-refractivity contribution in [2.75, 3.05) is 11.4 Å². The lowest BCUT2D eigenvalue weighted by atomic mass is 10.0. The summed E-state index contributed by atoms with van der Waals surface area (Å²) in [5.41, 5.74) is 3.20. The highest BCUT2D eigenvalue weighted by molar-refractivity contribution is 6.52. The van der Waals surface area contributed by atoms with Crippen LogP contribution in [0.25, 0.3) is 0 Å². The molecule has 1 aliphatic rings. The van der Waals surface area contributed by atoms with Crippen molar-refractivity contribution in [2.45, 2.75) is 26.7 Å². The highest BCUT2D eigenvalue weighted by Gasteiger charge is 2.36. The Balaban J connectivity index is 2.39. The largest absolute Gasteiger partial charge is 0.305 e. The molecular weight excluding hydrogens is 226 g/mol. The zero-order valence-electron chi connectivity index (χ0n) is 10.6. The van der Waals surface area contributed by atoms with Crippen LogP contribution in [0.15, 0.2) is 12.1 Å². The van der Waals surface area contributed by atoms with Gasteiger partial charge in [0.25, 0.3) is 11.7 Å². The lowest BCUT2D eigenvalue weighted by molar-refractivity contribution is -0.114. The number of carbonyl (C=O) groups is 2. The third-order valence-corrected chi connectivity index (χ3v) is 3.12. The van der Waals surface area contributed by atoms with Gasteiger partial charge >= 0.3 is 0 Å². The molecule has 1 heterocycles. The number of hydrogen-bond acceptors (Lipinski definition) is 2. The number of aryl methyl sites for hydroxylation is 2. The van der Waals surface area contributed by atoms with Crippen molar-refractivity contribution < 1.29 is 9.59 Å². The van der Waals surface area contributed by atoms with Crippen molar-refractivity contribution in [1.82, 2.24) is 0 Å². The second-order valence-corrected chi connectivity index (χ2v) is 4.57. The third-order valence-electron chi connectivity index (χ3n) is 3.12. The van der Waals surface area contributed by atoms with Crippen molar-refractivity contribution in [3.63, 3.8) is 0 Å². The Morgan fingerprint density at radius 3 is 2.67 bits per heavy atom. The molecule has 2 rings (SSSR count). The van der Waals surface area contributed by atoms with Gasteiger partial charge in [-0.3, -0.25) is 9.59 Å². The van der Waals surface area contributed by atoms with E-state index >= 15 is 0 Å². The first-order chi connectivity index (χ1) is 8.56. The number of benzene rings is 1. The molecule has 3 heteroatoms. The average Bonchev–Trinajstić information content (AvgIpc) is 2.54. The Hall–Kier alpha value is -2.08. The molecule has 0 saturated heterocycles. The molecule has 0 atom stereocenters. The molecular formula is C15H15NO2. The number of anilines is 1. The van der Waals surface area contributed by atoms with E-state index in [0.29, 0.717) is 24.9 Å². The number of carbonyl (C=O) groups excluding carboxylic acids is 2. The maximum absolute atomic E-state index is 11.9. The van der Waals surface area contributed by atoms with Gasteiger partial charge in [-0.15, -0.1) is 12.3 Å². The molecule has 1 aliphatic heterocycles. The molecule has 0 aliphatic carbocycles. The fraction of sp³-hybridized carbons (Fsp3) is 0.333. The lowest BCUT2D eigenvalue weighted by Crippen LogP contribution is -2.30. The highest BCUT2D eigenvalue weighted by atomic mass is 16.2. The van der Waals surface area contributed by atoms with Gasteiger partial charge in [-0.2, -0.15) is 0 Å². The number of rotatable bonds is 3. The predicted octanol–water partition coefficient (Wildman–Crippen LogP) is 2.25. The number of amides is 1. The molecule has 0 fully saturated rings. The minimum absolute atomic E-state index is 0.400. The number of ketones is 1. The van der Waals surface area contributed by atoms with Crippen molar-refractivity contribution in [2.24, 2.45) is 0 Å². The van der Waals surface area contributed by atoms with E-state index in [1.54, 1.807) is 4.90 Å². The van der Waals surface area contributed by atoms with Crippen molar-refractivity contribution in [3.05, 3.63) is 28.8 Å². The Labute approximate surface area is 107 Å². The summed E-state index contributed by atoms with van der Waals surface area (Å²) in [6, 6.07) is 3.82. The van der Waals surface area contributed by atoms with Crippen LogP contribution in [-0.4, -0.2) is 18.2 Å². The minimum Gasteiger partial charge on any atom is -0.305 e. The van der Waals surface area contributed by atoms with Gasteiger partial charge in [0.2, 0.25) is 0 Å². The predicted molar refractivity (Wildman–Crippen MR) is 70.7 cm³/mol. The lowest BCUT2D eigenvalue weighted by Gasteiger charge is -2.16. The van der Waals surface area contributed by atoms with Gasteiger partial charge in [-0.1, -0.05) is 6.07 Å². The van der Waals surface area contributed by atoms with Crippen LogP contribution in [0.4, 0.5) is 5.69 Å². The van der Waals surface area contributed by atoms with Gasteiger partial charge in [0.15, 0.2) is 0 Å². The zero-order valence-corrected chi connectivity index (χ0v) is 10.6. The van der Waals surface area contributed by atoms with Gasteiger partial charge < -0.3 is 4.90 Å². The molecule has 0 radical (unpaired) electrons. The van der Waals surface area contributed by atoms with E-state index in [0.717, 1.165) is 16.8 Å². The van der Waals surface area contributed by atoms with E-state index in [1.807, 2.05) is 26.0 Å². The molecule has 1 amide bonds. The Bertz CT molecular complexity index is 567. The SMILES string of the molecule is C#CCCCN1C(=O)C(=O)c2c(C)cc(C)cc21. The summed E-state index contributed by atoms with van der Waals surface area (Å²) in [6.07, 6.45) is 6.52. The summed E-state index contributed by atoms with van der Waals surface area (Å²) in [7, 11) is 0. The first-order valence-corrected chi connectivity index (χ1v) is 5.97. The first kappa shape index (κ1) is 12.4. The number of hydrogen-bond donors (Lipinski definition) is 0. The Morgan fingerprint density at radius 2 is 2.00 bits per heavy atom. The summed E-state index contributed by atoms with van der Waals surface area (Å²) in [4.78, 5) is 25.4. The molecule has 0 spiro atoms. The Kier molecular flexibility index (Phi) is 3.20. The molecule has 0 saturated carbocycles. The highest BCUT2D eigenvalue weighted by Crippen LogP contribution is 2.32. The van der Waals surface area contributed by atoms with Crippen LogP contribution in [0, 0.1) is 26.2 Å². The fourth-order valence-corrected chi connectivity index (χ4v) is 2.35. The van der Waals surface area contributed by atoms with Crippen molar-refractivity contribution in [3.8, 4) is 12.3 Å². The standard InChI is InChI=1S/C15H15NO2/c1-4-5-6-7-16-12-9-10(2)8-11(3)13(12)14(17)15(16)18/h1,8-9H,5-7H2,2-3H3. The van der Waals surface area contributed by atoms with Gasteiger partial charge in [-0.25, -0.2) is 0 Å². The maximum Gasteiger partial charge on any atom is 0.299 e. The van der Waals surface area contributed by atoms with E-state index in [9.17, 15) is 9.59 Å². The molecule has 1 aromatic carbocycles. The summed E-state index contributed by atoms with van der Waals surface area (Å²) >= 11 is 0. The monoisotopic (exact) mass is 241 g/mol.